The molecular formula is C23H25N3O5. The average molecular weight is 423 g/mol. The fourth-order valence-electron chi connectivity index (χ4n) is 4.30. The van der Waals surface area contributed by atoms with Crippen LogP contribution in [0.1, 0.15) is 41.6 Å². The molecule has 0 aliphatic carbocycles. The molecule has 0 saturated carbocycles. The Morgan fingerprint density at radius 1 is 1.23 bits per heavy atom. The zero-order valence-electron chi connectivity index (χ0n) is 17.6. The third-order valence-electron chi connectivity index (χ3n) is 5.85. The molecule has 0 spiro atoms. The predicted molar refractivity (Wildman–Crippen MR) is 117 cm³/mol. The van der Waals surface area contributed by atoms with Crippen molar-refractivity contribution in [2.45, 2.75) is 25.7 Å². The molecule has 0 atom stereocenters. The van der Waals surface area contributed by atoms with Crippen molar-refractivity contribution in [1.82, 2.24) is 9.88 Å². The highest BCUT2D eigenvalue weighted by molar-refractivity contribution is 5.99. The first-order valence-corrected chi connectivity index (χ1v) is 10.4. The standard InChI is InChI=1S/C23H25N3O5/c1-3-31-22-12-17(20(26(28)29)13-21(22)30-2)23(27)25-10-8-15(9-11-25)18-14-24-19-7-5-4-6-16(18)19/h4-7,12-15,24H,3,8-11H2,1-2H3. The molecule has 162 valence electrons. The maximum absolute atomic E-state index is 13.2. The number of carbonyl (C=O) groups is 1. The van der Waals surface area contributed by atoms with Gasteiger partial charge in [-0.2, -0.15) is 0 Å². The van der Waals surface area contributed by atoms with Crippen LogP contribution in [0.4, 0.5) is 5.69 Å². The number of aromatic amines is 1. The highest BCUT2D eigenvalue weighted by Crippen LogP contribution is 2.37. The highest BCUT2D eigenvalue weighted by atomic mass is 16.6. The highest BCUT2D eigenvalue weighted by Gasteiger charge is 2.31. The second kappa shape index (κ2) is 8.67. The van der Waals surface area contributed by atoms with Gasteiger partial charge in [0.2, 0.25) is 0 Å². The Balaban J connectivity index is 1.55. The fraction of sp³-hybridized carbons (Fsp3) is 0.348. The lowest BCUT2D eigenvalue weighted by Crippen LogP contribution is -2.38. The number of para-hydroxylation sites is 1. The summed E-state index contributed by atoms with van der Waals surface area (Å²) in [5.74, 6) is 0.550. The van der Waals surface area contributed by atoms with E-state index >= 15 is 0 Å². The SMILES string of the molecule is CCOc1cc(C(=O)N2CCC(c3c[nH]c4ccccc34)CC2)c([N+](=O)[O-])cc1OC. The lowest BCUT2D eigenvalue weighted by atomic mass is 9.89. The molecule has 8 nitrogen and oxygen atoms in total. The van der Waals surface area contributed by atoms with Crippen LogP contribution in [-0.4, -0.2) is 47.5 Å². The zero-order chi connectivity index (χ0) is 22.0. The third kappa shape index (κ3) is 3.93. The van der Waals surface area contributed by atoms with E-state index in [0.717, 1.165) is 18.4 Å². The third-order valence-corrected chi connectivity index (χ3v) is 5.85. The summed E-state index contributed by atoms with van der Waals surface area (Å²) in [4.78, 5) is 29.3. The molecule has 2 heterocycles. The van der Waals surface area contributed by atoms with Gasteiger partial charge in [0, 0.05) is 36.3 Å². The van der Waals surface area contributed by atoms with Gasteiger partial charge in [-0.25, -0.2) is 0 Å². The van der Waals surface area contributed by atoms with E-state index < -0.39 is 4.92 Å². The number of piperidine rings is 1. The van der Waals surface area contributed by atoms with E-state index in [1.807, 2.05) is 12.1 Å². The minimum atomic E-state index is -0.551. The van der Waals surface area contributed by atoms with Crippen LogP contribution in [-0.2, 0) is 0 Å². The summed E-state index contributed by atoms with van der Waals surface area (Å²) in [6.07, 6.45) is 3.65. The maximum atomic E-state index is 13.2. The molecule has 1 fully saturated rings. The smallest absolute Gasteiger partial charge is 0.286 e. The summed E-state index contributed by atoms with van der Waals surface area (Å²) in [6, 6.07) is 10.9. The average Bonchev–Trinajstić information content (AvgIpc) is 3.22. The number of hydrogen-bond acceptors (Lipinski definition) is 5. The van der Waals surface area contributed by atoms with Crippen LogP contribution in [0.15, 0.2) is 42.6 Å². The van der Waals surface area contributed by atoms with Crippen LogP contribution in [0.25, 0.3) is 10.9 Å². The first-order chi connectivity index (χ1) is 15.0. The number of rotatable bonds is 6. The van der Waals surface area contributed by atoms with Crippen molar-refractivity contribution in [3.63, 3.8) is 0 Å². The lowest BCUT2D eigenvalue weighted by molar-refractivity contribution is -0.385. The van der Waals surface area contributed by atoms with Crippen LogP contribution < -0.4 is 9.47 Å². The van der Waals surface area contributed by atoms with Gasteiger partial charge in [-0.3, -0.25) is 14.9 Å². The fourth-order valence-corrected chi connectivity index (χ4v) is 4.30. The summed E-state index contributed by atoms with van der Waals surface area (Å²) in [6.45, 7) is 3.24. The van der Waals surface area contributed by atoms with E-state index in [1.54, 1.807) is 11.8 Å². The van der Waals surface area contributed by atoms with Crippen LogP contribution in [0.5, 0.6) is 11.5 Å². The van der Waals surface area contributed by atoms with Crippen molar-refractivity contribution in [1.29, 1.82) is 0 Å². The summed E-state index contributed by atoms with van der Waals surface area (Å²) < 4.78 is 10.7. The Morgan fingerprint density at radius 3 is 2.65 bits per heavy atom. The van der Waals surface area contributed by atoms with E-state index in [2.05, 4.69) is 23.3 Å². The van der Waals surface area contributed by atoms with Gasteiger partial charge in [0.25, 0.3) is 11.6 Å². The molecule has 0 unspecified atom stereocenters. The number of carbonyl (C=O) groups excluding carboxylic acids is 1. The van der Waals surface area contributed by atoms with Crippen LogP contribution >= 0.6 is 0 Å². The molecule has 1 saturated heterocycles. The number of nitrogens with one attached hydrogen (secondary N) is 1. The lowest BCUT2D eigenvalue weighted by Gasteiger charge is -2.32. The molecule has 0 bridgehead atoms. The minimum absolute atomic E-state index is 0.0276. The van der Waals surface area contributed by atoms with Gasteiger partial charge in [0.15, 0.2) is 11.5 Å². The Labute approximate surface area is 179 Å². The summed E-state index contributed by atoms with van der Waals surface area (Å²) in [5, 5.41) is 12.8. The Morgan fingerprint density at radius 2 is 1.97 bits per heavy atom. The Kier molecular flexibility index (Phi) is 5.79. The number of nitro benzene ring substituents is 1. The molecular weight excluding hydrogens is 398 g/mol. The number of methoxy groups -OCH3 is 1. The zero-order valence-corrected chi connectivity index (χ0v) is 17.6. The molecule has 31 heavy (non-hydrogen) atoms. The molecule has 1 aliphatic rings. The number of ether oxygens (including phenoxy) is 2. The quantitative estimate of drug-likeness (QED) is 0.465. The molecule has 8 heteroatoms. The number of amides is 1. The van der Waals surface area contributed by atoms with E-state index in [9.17, 15) is 14.9 Å². The molecule has 1 N–H and O–H groups in total. The molecule has 1 amide bonds. The van der Waals surface area contributed by atoms with E-state index in [1.165, 1.54) is 30.2 Å². The van der Waals surface area contributed by atoms with Crippen molar-refractivity contribution in [3.05, 3.63) is 63.8 Å². The first-order valence-electron chi connectivity index (χ1n) is 10.4. The molecule has 4 rings (SSSR count). The van der Waals surface area contributed by atoms with Gasteiger partial charge in [-0.1, -0.05) is 18.2 Å². The van der Waals surface area contributed by atoms with Crippen LogP contribution in [0.2, 0.25) is 0 Å². The topological polar surface area (TPSA) is 97.7 Å². The van der Waals surface area contributed by atoms with Crippen LogP contribution in [0, 0.1) is 10.1 Å². The number of hydrogen-bond donors (Lipinski definition) is 1. The van der Waals surface area contributed by atoms with Gasteiger partial charge in [-0.15, -0.1) is 0 Å². The maximum Gasteiger partial charge on any atom is 0.286 e. The predicted octanol–water partition coefficient (Wildman–Crippen LogP) is 4.50. The monoisotopic (exact) mass is 423 g/mol. The van der Waals surface area contributed by atoms with Crippen molar-refractivity contribution in [2.75, 3.05) is 26.8 Å². The normalized spacial score (nSPS) is 14.6. The van der Waals surface area contributed by atoms with E-state index in [4.69, 9.17) is 9.47 Å². The molecule has 0 radical (unpaired) electrons. The number of fused-ring (bicyclic) bond motifs is 1. The van der Waals surface area contributed by atoms with Gasteiger partial charge in [0.1, 0.15) is 5.56 Å². The number of likely N-dealkylation sites (tertiary alicyclic amines) is 1. The molecule has 1 aromatic heterocycles. The number of H-pyrrole nitrogens is 1. The second-order valence-corrected chi connectivity index (χ2v) is 7.57. The Hall–Kier alpha value is -3.55. The second-order valence-electron chi connectivity index (χ2n) is 7.57. The minimum Gasteiger partial charge on any atom is -0.493 e. The summed E-state index contributed by atoms with van der Waals surface area (Å²) >= 11 is 0. The Bertz CT molecular complexity index is 1120. The van der Waals surface area contributed by atoms with Gasteiger partial charge in [0.05, 0.1) is 24.7 Å². The van der Waals surface area contributed by atoms with Gasteiger partial charge in [-0.05, 0) is 37.3 Å². The largest absolute Gasteiger partial charge is 0.493 e. The summed E-state index contributed by atoms with van der Waals surface area (Å²) in [7, 11) is 1.42. The number of nitro groups is 1. The summed E-state index contributed by atoms with van der Waals surface area (Å²) in [5.41, 5.74) is 2.12. The van der Waals surface area contributed by atoms with Crippen molar-refractivity contribution >= 4 is 22.5 Å². The molecule has 3 aromatic rings. The molecule has 2 aromatic carbocycles. The van der Waals surface area contributed by atoms with Gasteiger partial charge < -0.3 is 19.4 Å². The first kappa shape index (κ1) is 20.7. The van der Waals surface area contributed by atoms with Crippen molar-refractivity contribution in [2.24, 2.45) is 0 Å². The number of aromatic nitrogens is 1. The van der Waals surface area contributed by atoms with Crippen LogP contribution in [0.3, 0.4) is 0 Å². The molecule has 1 aliphatic heterocycles. The number of nitrogens with zero attached hydrogens (tertiary/aromatic N) is 2. The van der Waals surface area contributed by atoms with Crippen molar-refractivity contribution in [3.8, 4) is 11.5 Å². The van der Waals surface area contributed by atoms with E-state index in [0.29, 0.717) is 31.4 Å². The van der Waals surface area contributed by atoms with E-state index in [-0.39, 0.29) is 22.9 Å². The number of benzene rings is 2. The van der Waals surface area contributed by atoms with Gasteiger partial charge >= 0.3 is 0 Å². The van der Waals surface area contributed by atoms with Crippen molar-refractivity contribution < 1.29 is 19.2 Å².